The number of Topliss-reactive ketones (excluding diaryl/α,β-unsaturated/α-hetero) is 1. The number of ether oxygens (including phenoxy) is 2. The van der Waals surface area contributed by atoms with Crippen molar-refractivity contribution < 1.29 is 28.7 Å². The quantitative estimate of drug-likeness (QED) is 0.336. The highest BCUT2D eigenvalue weighted by Gasteiger charge is 2.24. The number of ketones is 1. The summed E-state index contributed by atoms with van der Waals surface area (Å²) in [5, 5.41) is 2.79. The molecule has 0 spiro atoms. The predicted octanol–water partition coefficient (Wildman–Crippen LogP) is 3.98. The molecule has 2 rings (SSSR count). The van der Waals surface area contributed by atoms with Crippen molar-refractivity contribution in [3.05, 3.63) is 52.3 Å². The maximum Gasteiger partial charge on any atom is 0.355 e. The van der Waals surface area contributed by atoms with Crippen LogP contribution in [0.3, 0.4) is 0 Å². The normalized spacial score (nSPS) is 10.5. The Morgan fingerprint density at radius 1 is 1.00 bits per heavy atom. The number of aromatic amines is 1. The van der Waals surface area contributed by atoms with E-state index in [9.17, 15) is 19.2 Å². The third-order valence-corrected chi connectivity index (χ3v) is 4.86. The van der Waals surface area contributed by atoms with Crippen LogP contribution >= 0.6 is 0 Å². The number of esters is 2. The van der Waals surface area contributed by atoms with Crippen LogP contribution in [-0.4, -0.2) is 42.3 Å². The average Bonchev–Trinajstić information content (AvgIpc) is 3.06. The van der Waals surface area contributed by atoms with Gasteiger partial charge in [0.2, 0.25) is 5.91 Å². The van der Waals surface area contributed by atoms with Crippen LogP contribution in [0.15, 0.2) is 24.3 Å². The number of H-pyrrole nitrogens is 1. The summed E-state index contributed by atoms with van der Waals surface area (Å²) in [6, 6.07) is 6.40. The van der Waals surface area contributed by atoms with Crippen molar-refractivity contribution in [1.82, 2.24) is 4.98 Å². The molecule has 0 saturated heterocycles. The van der Waals surface area contributed by atoms with Crippen LogP contribution in [0.1, 0.15) is 75.1 Å². The van der Waals surface area contributed by atoms with Gasteiger partial charge in [0.15, 0.2) is 12.4 Å². The Hall–Kier alpha value is -3.42. The molecule has 0 aliphatic heterocycles. The van der Waals surface area contributed by atoms with Crippen LogP contribution < -0.4 is 5.32 Å². The fraction of sp³-hybridized carbons (Fsp3) is 0.391. The van der Waals surface area contributed by atoms with Crippen molar-refractivity contribution in [1.29, 1.82) is 0 Å². The van der Waals surface area contributed by atoms with Crippen molar-refractivity contribution in [3.63, 3.8) is 0 Å². The van der Waals surface area contributed by atoms with Gasteiger partial charge >= 0.3 is 11.9 Å². The zero-order valence-corrected chi connectivity index (χ0v) is 18.3. The van der Waals surface area contributed by atoms with E-state index in [1.54, 1.807) is 38.1 Å². The van der Waals surface area contributed by atoms with Gasteiger partial charge in [0.25, 0.3) is 0 Å². The highest BCUT2D eigenvalue weighted by molar-refractivity contribution is 6.01. The Morgan fingerprint density at radius 2 is 1.68 bits per heavy atom. The SMILES string of the molecule is CCCCCC(=O)Nc1ccc(C(=O)COC(=O)c2[nH]c(C)c(C(=O)OC)c2C)cc1. The van der Waals surface area contributed by atoms with Crippen LogP contribution in [0.4, 0.5) is 5.69 Å². The number of amides is 1. The van der Waals surface area contributed by atoms with E-state index < -0.39 is 18.5 Å². The Labute approximate surface area is 181 Å². The van der Waals surface area contributed by atoms with Crippen LogP contribution in [-0.2, 0) is 14.3 Å². The first-order chi connectivity index (χ1) is 14.8. The average molecular weight is 428 g/mol. The third-order valence-electron chi connectivity index (χ3n) is 4.86. The summed E-state index contributed by atoms with van der Waals surface area (Å²) in [6.45, 7) is 4.87. The summed E-state index contributed by atoms with van der Waals surface area (Å²) in [7, 11) is 1.26. The lowest BCUT2D eigenvalue weighted by atomic mass is 10.1. The molecule has 0 fully saturated rings. The number of rotatable bonds is 10. The van der Waals surface area contributed by atoms with Gasteiger partial charge in [-0.05, 0) is 50.1 Å². The number of hydrogen-bond acceptors (Lipinski definition) is 6. The van der Waals surface area contributed by atoms with Gasteiger partial charge in [0.1, 0.15) is 5.69 Å². The van der Waals surface area contributed by atoms with Crippen molar-refractivity contribution >= 4 is 29.3 Å². The molecular formula is C23H28N2O6. The van der Waals surface area contributed by atoms with Crippen LogP contribution in [0.5, 0.6) is 0 Å². The van der Waals surface area contributed by atoms with E-state index in [2.05, 4.69) is 17.2 Å². The standard InChI is InChI=1S/C23H28N2O6/c1-5-6-7-8-19(27)25-17-11-9-16(10-12-17)18(26)13-31-23(29)21-14(2)20(15(3)24-21)22(28)30-4/h9-12,24H,5-8,13H2,1-4H3,(H,25,27). The number of methoxy groups -OCH3 is 1. The summed E-state index contributed by atoms with van der Waals surface area (Å²) >= 11 is 0. The van der Waals surface area contributed by atoms with Gasteiger partial charge < -0.3 is 19.8 Å². The first-order valence-electron chi connectivity index (χ1n) is 10.2. The minimum Gasteiger partial charge on any atom is -0.465 e. The minimum absolute atomic E-state index is 0.0654. The van der Waals surface area contributed by atoms with E-state index in [1.165, 1.54) is 7.11 Å². The van der Waals surface area contributed by atoms with Gasteiger partial charge in [-0.2, -0.15) is 0 Å². The smallest absolute Gasteiger partial charge is 0.355 e. The van der Waals surface area contributed by atoms with E-state index in [4.69, 9.17) is 9.47 Å². The van der Waals surface area contributed by atoms with Crippen molar-refractivity contribution in [2.75, 3.05) is 19.0 Å². The number of aromatic nitrogens is 1. The topological polar surface area (TPSA) is 115 Å². The summed E-state index contributed by atoms with van der Waals surface area (Å²) in [5.74, 6) is -1.74. The molecule has 8 nitrogen and oxygen atoms in total. The lowest BCUT2D eigenvalue weighted by Gasteiger charge is -2.07. The number of carbonyl (C=O) groups is 4. The fourth-order valence-corrected chi connectivity index (χ4v) is 3.15. The van der Waals surface area contributed by atoms with Gasteiger partial charge in [0.05, 0.1) is 12.7 Å². The van der Waals surface area contributed by atoms with Gasteiger partial charge in [0, 0.05) is 23.4 Å². The first kappa shape index (κ1) is 23.9. The van der Waals surface area contributed by atoms with Gasteiger partial charge in [-0.1, -0.05) is 19.8 Å². The van der Waals surface area contributed by atoms with Gasteiger partial charge in [-0.3, -0.25) is 9.59 Å². The molecule has 0 saturated carbocycles. The van der Waals surface area contributed by atoms with E-state index in [1.807, 2.05) is 0 Å². The number of nitrogens with one attached hydrogen (secondary N) is 2. The zero-order valence-electron chi connectivity index (χ0n) is 18.3. The maximum atomic E-state index is 12.4. The van der Waals surface area contributed by atoms with E-state index in [0.717, 1.165) is 19.3 Å². The third kappa shape index (κ3) is 6.28. The van der Waals surface area contributed by atoms with Crippen molar-refractivity contribution in [2.45, 2.75) is 46.5 Å². The molecule has 0 radical (unpaired) electrons. The highest BCUT2D eigenvalue weighted by atomic mass is 16.5. The molecule has 2 aromatic rings. The van der Waals surface area contributed by atoms with Crippen molar-refractivity contribution in [3.8, 4) is 0 Å². The second-order valence-electron chi connectivity index (χ2n) is 7.20. The molecule has 166 valence electrons. The molecule has 31 heavy (non-hydrogen) atoms. The molecule has 8 heteroatoms. The second-order valence-corrected chi connectivity index (χ2v) is 7.20. The molecule has 2 N–H and O–H groups in total. The summed E-state index contributed by atoms with van der Waals surface area (Å²) in [6.07, 6.45) is 3.35. The second kappa shape index (κ2) is 11.1. The predicted molar refractivity (Wildman–Crippen MR) is 115 cm³/mol. The van der Waals surface area contributed by atoms with Crippen LogP contribution in [0.2, 0.25) is 0 Å². The largest absolute Gasteiger partial charge is 0.465 e. The zero-order chi connectivity index (χ0) is 23.0. The molecule has 0 bridgehead atoms. The molecule has 0 atom stereocenters. The highest BCUT2D eigenvalue weighted by Crippen LogP contribution is 2.20. The number of carbonyl (C=O) groups excluding carboxylic acids is 4. The minimum atomic E-state index is -0.736. The lowest BCUT2D eigenvalue weighted by molar-refractivity contribution is -0.116. The molecule has 0 aliphatic carbocycles. The maximum absolute atomic E-state index is 12.4. The number of aryl methyl sites for hydroxylation is 1. The molecule has 0 unspecified atom stereocenters. The van der Waals surface area contributed by atoms with Crippen LogP contribution in [0, 0.1) is 13.8 Å². The number of benzene rings is 1. The first-order valence-corrected chi connectivity index (χ1v) is 10.2. The lowest BCUT2D eigenvalue weighted by Crippen LogP contribution is -2.16. The molecule has 1 aromatic carbocycles. The van der Waals surface area contributed by atoms with E-state index in [-0.39, 0.29) is 22.9 Å². The summed E-state index contributed by atoms with van der Waals surface area (Å²) in [4.78, 5) is 51.2. The fourth-order valence-electron chi connectivity index (χ4n) is 3.15. The summed E-state index contributed by atoms with van der Waals surface area (Å²) in [5.41, 5.74) is 2.21. The Balaban J connectivity index is 1.93. The molecule has 1 amide bonds. The van der Waals surface area contributed by atoms with Gasteiger partial charge in [-0.25, -0.2) is 9.59 Å². The van der Waals surface area contributed by atoms with Crippen LogP contribution in [0.25, 0.3) is 0 Å². The van der Waals surface area contributed by atoms with E-state index in [0.29, 0.717) is 28.9 Å². The number of anilines is 1. The molecular weight excluding hydrogens is 400 g/mol. The Bertz CT molecular complexity index is 959. The molecule has 0 aliphatic rings. The molecule has 1 aromatic heterocycles. The number of unbranched alkanes of at least 4 members (excludes halogenated alkanes) is 2. The Morgan fingerprint density at radius 3 is 2.29 bits per heavy atom. The summed E-state index contributed by atoms with van der Waals surface area (Å²) < 4.78 is 9.83. The van der Waals surface area contributed by atoms with E-state index >= 15 is 0 Å². The van der Waals surface area contributed by atoms with Crippen molar-refractivity contribution in [2.24, 2.45) is 0 Å². The monoisotopic (exact) mass is 428 g/mol. The Kier molecular flexibility index (Phi) is 8.54. The number of hydrogen-bond donors (Lipinski definition) is 2. The van der Waals surface area contributed by atoms with Gasteiger partial charge in [-0.15, -0.1) is 0 Å². The molecule has 1 heterocycles.